The first-order chi connectivity index (χ1) is 14.0. The lowest BCUT2D eigenvalue weighted by atomic mass is 10.1. The lowest BCUT2D eigenvalue weighted by Gasteiger charge is -2.26. The van der Waals surface area contributed by atoms with E-state index in [1.54, 1.807) is 0 Å². The fraction of sp³-hybridized carbons (Fsp3) is 0.261. The Morgan fingerprint density at radius 2 is 1.69 bits per heavy atom. The molecule has 0 saturated heterocycles. The lowest BCUT2D eigenvalue weighted by Crippen LogP contribution is -2.42. The predicted molar refractivity (Wildman–Crippen MR) is 109 cm³/mol. The molecule has 150 valence electrons. The maximum Gasteiger partial charge on any atom is 0.326 e. The minimum atomic E-state index is -1.03. The molecular weight excluding hydrogens is 368 g/mol. The van der Waals surface area contributed by atoms with E-state index in [9.17, 15) is 14.7 Å². The van der Waals surface area contributed by atoms with Crippen molar-refractivity contribution in [1.29, 1.82) is 0 Å². The van der Waals surface area contributed by atoms with Crippen molar-refractivity contribution >= 4 is 11.9 Å². The van der Waals surface area contributed by atoms with Crippen molar-refractivity contribution < 1.29 is 19.1 Å². The average molecular weight is 392 g/mol. The summed E-state index contributed by atoms with van der Waals surface area (Å²) >= 11 is 0. The number of hydrogen-bond donors (Lipinski definition) is 1. The third kappa shape index (κ3) is 5.10. The molecule has 0 radical (unpaired) electrons. The van der Waals surface area contributed by atoms with Gasteiger partial charge in [0.1, 0.15) is 6.04 Å². The number of oxazole rings is 1. The van der Waals surface area contributed by atoms with Crippen molar-refractivity contribution in [2.24, 2.45) is 0 Å². The van der Waals surface area contributed by atoms with Gasteiger partial charge >= 0.3 is 5.97 Å². The molecule has 6 nitrogen and oxygen atoms in total. The van der Waals surface area contributed by atoms with Crippen LogP contribution in [0.2, 0.25) is 0 Å². The van der Waals surface area contributed by atoms with Crippen molar-refractivity contribution in [3.05, 3.63) is 77.8 Å². The number of hydrogen-bond acceptors (Lipinski definition) is 4. The Balaban J connectivity index is 1.71. The van der Waals surface area contributed by atoms with Gasteiger partial charge in [0.25, 0.3) is 0 Å². The van der Waals surface area contributed by atoms with Crippen molar-refractivity contribution in [3.8, 4) is 11.3 Å². The fourth-order valence-corrected chi connectivity index (χ4v) is 3.13. The average Bonchev–Trinajstić information content (AvgIpc) is 3.11. The molecule has 1 heterocycles. The number of benzene rings is 2. The van der Waals surface area contributed by atoms with E-state index in [1.165, 1.54) is 11.8 Å². The Labute approximate surface area is 169 Å². The summed E-state index contributed by atoms with van der Waals surface area (Å²) in [6.45, 7) is 3.63. The van der Waals surface area contributed by atoms with Gasteiger partial charge in [-0.2, -0.15) is 0 Å². The van der Waals surface area contributed by atoms with E-state index in [1.807, 2.05) is 67.6 Å². The minimum absolute atomic E-state index is 0.124. The molecule has 1 atom stereocenters. The zero-order valence-corrected chi connectivity index (χ0v) is 16.5. The van der Waals surface area contributed by atoms with E-state index in [0.717, 1.165) is 16.8 Å². The Morgan fingerprint density at radius 1 is 1.07 bits per heavy atom. The number of rotatable bonds is 8. The second kappa shape index (κ2) is 9.19. The highest BCUT2D eigenvalue weighted by molar-refractivity contribution is 5.83. The van der Waals surface area contributed by atoms with Crippen molar-refractivity contribution in [2.45, 2.75) is 39.3 Å². The van der Waals surface area contributed by atoms with Crippen molar-refractivity contribution in [3.63, 3.8) is 0 Å². The predicted octanol–water partition coefficient (Wildman–Crippen LogP) is 4.08. The molecule has 0 aliphatic rings. The molecule has 3 rings (SSSR count). The first-order valence-electron chi connectivity index (χ1n) is 9.53. The molecule has 3 aromatic rings. The van der Waals surface area contributed by atoms with E-state index in [4.69, 9.17) is 4.42 Å². The second-order valence-electron chi connectivity index (χ2n) is 6.91. The summed E-state index contributed by atoms with van der Waals surface area (Å²) in [6.07, 6.45) is 0.433. The third-order valence-corrected chi connectivity index (χ3v) is 4.77. The van der Waals surface area contributed by atoms with Gasteiger partial charge in [-0.15, -0.1) is 0 Å². The van der Waals surface area contributed by atoms with E-state index in [-0.39, 0.29) is 18.9 Å². The van der Waals surface area contributed by atoms with Crippen molar-refractivity contribution in [2.75, 3.05) is 0 Å². The van der Waals surface area contributed by atoms with Crippen LogP contribution in [0.5, 0.6) is 0 Å². The molecular formula is C23H24N2O4. The van der Waals surface area contributed by atoms with Gasteiger partial charge < -0.3 is 14.4 Å². The summed E-state index contributed by atoms with van der Waals surface area (Å²) in [5, 5.41) is 9.41. The zero-order valence-electron chi connectivity index (χ0n) is 16.5. The van der Waals surface area contributed by atoms with Crippen LogP contribution in [0.25, 0.3) is 11.3 Å². The maximum absolute atomic E-state index is 12.8. The lowest BCUT2D eigenvalue weighted by molar-refractivity contribution is -0.150. The van der Waals surface area contributed by atoms with Crippen LogP contribution in [0, 0.1) is 6.92 Å². The van der Waals surface area contributed by atoms with Crippen LogP contribution >= 0.6 is 0 Å². The van der Waals surface area contributed by atoms with Crippen LogP contribution in [0.15, 0.2) is 65.1 Å². The van der Waals surface area contributed by atoms with Gasteiger partial charge in [-0.1, -0.05) is 60.7 Å². The smallest absolute Gasteiger partial charge is 0.326 e. The van der Waals surface area contributed by atoms with Gasteiger partial charge in [-0.05, 0) is 19.4 Å². The van der Waals surface area contributed by atoms with Gasteiger partial charge in [0.15, 0.2) is 11.7 Å². The van der Waals surface area contributed by atoms with Gasteiger partial charge in [0.2, 0.25) is 5.91 Å². The molecule has 1 unspecified atom stereocenters. The van der Waals surface area contributed by atoms with Crippen molar-refractivity contribution in [1.82, 2.24) is 9.88 Å². The molecule has 1 N–H and O–H groups in total. The molecule has 0 aliphatic carbocycles. The molecule has 2 aromatic carbocycles. The van der Waals surface area contributed by atoms with Crippen LogP contribution in [0.4, 0.5) is 0 Å². The number of aryl methyl sites for hydroxylation is 2. The number of amides is 1. The van der Waals surface area contributed by atoms with E-state index >= 15 is 0 Å². The normalized spacial score (nSPS) is 11.8. The van der Waals surface area contributed by atoms with Gasteiger partial charge in [0, 0.05) is 24.9 Å². The molecule has 29 heavy (non-hydrogen) atoms. The molecule has 1 aromatic heterocycles. The molecule has 1 amide bonds. The number of nitrogens with zero attached hydrogens (tertiary/aromatic N) is 2. The summed E-state index contributed by atoms with van der Waals surface area (Å²) in [7, 11) is 0. The van der Waals surface area contributed by atoms with Gasteiger partial charge in [-0.25, -0.2) is 9.78 Å². The summed E-state index contributed by atoms with van der Waals surface area (Å²) in [5.41, 5.74) is 2.58. The topological polar surface area (TPSA) is 83.6 Å². The quantitative estimate of drug-likeness (QED) is 0.624. The maximum atomic E-state index is 12.8. The number of aliphatic carboxylic acids is 1. The zero-order chi connectivity index (χ0) is 20.8. The SMILES string of the molecule is Cc1nc(CCC(=O)N(Cc2ccccc2)C(C)C(=O)O)oc1-c1ccccc1. The summed E-state index contributed by atoms with van der Waals surface area (Å²) in [4.78, 5) is 30.1. The standard InChI is InChI=1S/C23H24N2O4/c1-16-22(19-11-7-4-8-12-19)29-20(24-16)13-14-21(26)25(17(2)23(27)28)15-18-9-5-3-6-10-18/h3-12,17H,13-15H2,1-2H3,(H,27,28). The number of carbonyl (C=O) groups is 2. The number of aromatic nitrogens is 1. The van der Waals surface area contributed by atoms with E-state index in [2.05, 4.69) is 4.98 Å². The summed E-state index contributed by atoms with van der Waals surface area (Å²) in [5.74, 6) is -0.126. The molecule has 0 aliphatic heterocycles. The summed E-state index contributed by atoms with van der Waals surface area (Å²) in [6, 6.07) is 18.1. The first kappa shape index (κ1) is 20.3. The Kier molecular flexibility index (Phi) is 6.44. The van der Waals surface area contributed by atoms with Gasteiger partial charge in [0.05, 0.1) is 5.69 Å². The van der Waals surface area contributed by atoms with Gasteiger partial charge in [-0.3, -0.25) is 4.79 Å². The van der Waals surface area contributed by atoms with Crippen LogP contribution in [0.3, 0.4) is 0 Å². The molecule has 0 saturated carbocycles. The minimum Gasteiger partial charge on any atom is -0.480 e. The van der Waals surface area contributed by atoms with Crippen LogP contribution in [0.1, 0.15) is 30.5 Å². The molecule has 0 fully saturated rings. The first-order valence-corrected chi connectivity index (χ1v) is 9.53. The largest absolute Gasteiger partial charge is 0.480 e. The monoisotopic (exact) mass is 392 g/mol. The highest BCUT2D eigenvalue weighted by Crippen LogP contribution is 2.25. The number of carboxylic acid groups (broad SMARTS) is 1. The third-order valence-electron chi connectivity index (χ3n) is 4.77. The Hall–Kier alpha value is -3.41. The Morgan fingerprint density at radius 3 is 2.31 bits per heavy atom. The van der Waals surface area contributed by atoms with E-state index in [0.29, 0.717) is 18.1 Å². The number of carbonyl (C=O) groups excluding carboxylic acids is 1. The molecule has 6 heteroatoms. The molecule has 0 bridgehead atoms. The number of carboxylic acids is 1. The molecule has 0 spiro atoms. The van der Waals surface area contributed by atoms with Crippen LogP contribution in [-0.2, 0) is 22.6 Å². The highest BCUT2D eigenvalue weighted by atomic mass is 16.4. The summed E-state index contributed by atoms with van der Waals surface area (Å²) < 4.78 is 5.86. The fourth-order valence-electron chi connectivity index (χ4n) is 3.13. The van der Waals surface area contributed by atoms with Crippen LogP contribution < -0.4 is 0 Å². The highest BCUT2D eigenvalue weighted by Gasteiger charge is 2.26. The van der Waals surface area contributed by atoms with Crippen LogP contribution in [-0.4, -0.2) is 32.9 Å². The second-order valence-corrected chi connectivity index (χ2v) is 6.91. The van der Waals surface area contributed by atoms with E-state index < -0.39 is 12.0 Å². The Bertz CT molecular complexity index is 967.